The van der Waals surface area contributed by atoms with Crippen LogP contribution in [-0.2, 0) is 4.79 Å². The van der Waals surface area contributed by atoms with Gasteiger partial charge in [0.1, 0.15) is 0 Å². The number of unbranched alkanes of at least 4 members (excludes halogenated alkanes) is 1. The number of isothiocyanates is 1. The molecule has 0 aromatic carbocycles. The van der Waals surface area contributed by atoms with Crippen LogP contribution >= 0.6 is 12.2 Å². The molecule has 0 heterocycles. The summed E-state index contributed by atoms with van der Waals surface area (Å²) in [6, 6.07) is 0. The highest BCUT2D eigenvalue weighted by Gasteiger charge is 2.00. The van der Waals surface area contributed by atoms with Crippen LogP contribution in [0.5, 0.6) is 0 Å². The third-order valence-electron chi connectivity index (χ3n) is 1.22. The predicted molar refractivity (Wildman–Crippen MR) is 46.5 cm³/mol. The number of hydrogen-bond acceptors (Lipinski definition) is 4. The van der Waals surface area contributed by atoms with E-state index in [9.17, 15) is 4.79 Å². The fraction of sp³-hybridized carbons (Fsp3) is 0.714. The van der Waals surface area contributed by atoms with Crippen molar-refractivity contribution in [3.63, 3.8) is 0 Å². The number of aliphatic imine (C=N–C) groups is 2. The number of rotatable bonds is 5. The van der Waals surface area contributed by atoms with Gasteiger partial charge >= 0.3 is 0 Å². The van der Waals surface area contributed by atoms with Gasteiger partial charge in [-0.1, -0.05) is 13.3 Å². The van der Waals surface area contributed by atoms with Gasteiger partial charge in [-0.15, -0.1) is 0 Å². The van der Waals surface area contributed by atoms with Crippen LogP contribution in [0, 0.1) is 0 Å². The lowest BCUT2D eigenvalue weighted by molar-refractivity contribution is 0.547. The van der Waals surface area contributed by atoms with Gasteiger partial charge in [-0.2, -0.15) is 4.99 Å². The third kappa shape index (κ3) is 5.62. The van der Waals surface area contributed by atoms with Crippen LogP contribution in [0.25, 0.3) is 0 Å². The van der Waals surface area contributed by atoms with Crippen molar-refractivity contribution in [2.75, 3.05) is 0 Å². The Bertz CT molecular complexity index is 175. The molecular weight excluding hydrogens is 160 g/mol. The fourth-order valence-corrected chi connectivity index (χ4v) is 0.788. The quantitative estimate of drug-likeness (QED) is 0.359. The molecule has 1 atom stereocenters. The van der Waals surface area contributed by atoms with Crippen molar-refractivity contribution in [2.45, 2.75) is 32.4 Å². The first-order valence-corrected chi connectivity index (χ1v) is 3.90. The maximum Gasteiger partial charge on any atom is 0.237 e. The summed E-state index contributed by atoms with van der Waals surface area (Å²) in [7, 11) is 0. The number of hydrogen-bond donors (Lipinski definition) is 0. The summed E-state index contributed by atoms with van der Waals surface area (Å²) >= 11 is 4.39. The van der Waals surface area contributed by atoms with Gasteiger partial charge < -0.3 is 0 Å². The van der Waals surface area contributed by atoms with E-state index < -0.39 is 0 Å². The minimum atomic E-state index is -0.357. The molecule has 0 aromatic heterocycles. The van der Waals surface area contributed by atoms with Gasteiger partial charge in [-0.3, -0.25) is 0 Å². The second-order valence-corrected chi connectivity index (χ2v) is 2.25. The fourth-order valence-electron chi connectivity index (χ4n) is 0.666. The highest BCUT2D eigenvalue weighted by atomic mass is 32.1. The Morgan fingerprint density at radius 3 is 2.73 bits per heavy atom. The molecule has 60 valence electrons. The largest absolute Gasteiger partial charge is 0.237 e. The van der Waals surface area contributed by atoms with E-state index in [2.05, 4.69) is 34.3 Å². The van der Waals surface area contributed by atoms with Crippen molar-refractivity contribution in [1.82, 2.24) is 0 Å². The Labute approximate surface area is 71.2 Å². The molecule has 0 aliphatic heterocycles. The van der Waals surface area contributed by atoms with Gasteiger partial charge in [0, 0.05) is 0 Å². The molecule has 0 saturated heterocycles. The maximum absolute atomic E-state index is 9.84. The first kappa shape index (κ1) is 10.2. The van der Waals surface area contributed by atoms with Gasteiger partial charge in [-0.05, 0) is 25.1 Å². The molecule has 0 aliphatic rings. The zero-order valence-electron chi connectivity index (χ0n) is 6.41. The first-order chi connectivity index (χ1) is 5.35. The number of nitrogens with zero attached hydrogens (tertiary/aromatic N) is 2. The zero-order chi connectivity index (χ0) is 8.53. The molecule has 0 rings (SSSR count). The minimum Gasteiger partial charge on any atom is -0.211 e. The van der Waals surface area contributed by atoms with Crippen LogP contribution in [-0.4, -0.2) is 17.4 Å². The molecule has 0 radical (unpaired) electrons. The van der Waals surface area contributed by atoms with E-state index in [4.69, 9.17) is 0 Å². The van der Waals surface area contributed by atoms with Gasteiger partial charge in [0.2, 0.25) is 6.08 Å². The van der Waals surface area contributed by atoms with Crippen LogP contribution < -0.4 is 0 Å². The number of thiocarbonyl (C=S) groups is 1. The predicted octanol–water partition coefficient (Wildman–Crippen LogP) is 1.94. The van der Waals surface area contributed by atoms with E-state index in [0.717, 1.165) is 19.3 Å². The van der Waals surface area contributed by atoms with Gasteiger partial charge in [-0.25, -0.2) is 9.79 Å². The van der Waals surface area contributed by atoms with Gasteiger partial charge in [0.25, 0.3) is 0 Å². The standard InChI is InChI=1S/C7H10N2OS/c1-2-3-4-7(8-5-10)9-6-11/h7H,2-4H2,1H3/t7-/m0/s1. The number of isocyanates is 1. The van der Waals surface area contributed by atoms with Crippen molar-refractivity contribution in [1.29, 1.82) is 0 Å². The summed E-state index contributed by atoms with van der Waals surface area (Å²) in [5, 5.41) is 2.20. The van der Waals surface area contributed by atoms with Crippen LogP contribution in [0.2, 0.25) is 0 Å². The molecule has 0 amide bonds. The Hall–Kier alpha value is -0.820. The topological polar surface area (TPSA) is 41.8 Å². The third-order valence-corrected chi connectivity index (χ3v) is 1.32. The molecule has 0 aromatic rings. The van der Waals surface area contributed by atoms with E-state index in [-0.39, 0.29) is 6.17 Å². The Kier molecular flexibility index (Phi) is 6.75. The van der Waals surface area contributed by atoms with Crippen LogP contribution in [0.1, 0.15) is 26.2 Å². The molecule has 0 aliphatic carbocycles. The van der Waals surface area contributed by atoms with Crippen molar-refractivity contribution < 1.29 is 4.79 Å². The SMILES string of the molecule is CCCC[C@@H](N=C=O)N=C=S. The summed E-state index contributed by atoms with van der Waals surface area (Å²) in [6.45, 7) is 2.06. The normalized spacial score (nSPS) is 11.0. The van der Waals surface area contributed by atoms with Crippen molar-refractivity contribution in [3.8, 4) is 0 Å². The summed E-state index contributed by atoms with van der Waals surface area (Å²) < 4.78 is 0. The lowest BCUT2D eigenvalue weighted by atomic mass is 10.2. The molecule has 11 heavy (non-hydrogen) atoms. The Balaban J connectivity index is 3.88. The average Bonchev–Trinajstić information content (AvgIpc) is 2.01. The molecule has 0 fully saturated rings. The van der Waals surface area contributed by atoms with Gasteiger partial charge in [0.15, 0.2) is 6.17 Å². The van der Waals surface area contributed by atoms with Crippen LogP contribution in [0.15, 0.2) is 9.98 Å². The lowest BCUT2D eigenvalue weighted by Gasteiger charge is -1.99. The highest BCUT2D eigenvalue weighted by molar-refractivity contribution is 7.78. The summed E-state index contributed by atoms with van der Waals surface area (Å²) in [6.07, 6.45) is 3.88. The molecule has 0 spiro atoms. The summed E-state index contributed by atoms with van der Waals surface area (Å²) in [5.74, 6) is 0. The second kappa shape index (κ2) is 7.29. The molecule has 0 saturated carbocycles. The van der Waals surface area contributed by atoms with Crippen LogP contribution in [0.4, 0.5) is 0 Å². The minimum absolute atomic E-state index is 0.357. The molecule has 0 N–H and O–H groups in total. The maximum atomic E-state index is 9.84. The number of carbonyl (C=O) groups excluding carboxylic acids is 1. The Morgan fingerprint density at radius 1 is 1.55 bits per heavy atom. The first-order valence-electron chi connectivity index (χ1n) is 3.49. The van der Waals surface area contributed by atoms with Crippen LogP contribution in [0.3, 0.4) is 0 Å². The van der Waals surface area contributed by atoms with E-state index in [1.54, 1.807) is 0 Å². The monoisotopic (exact) mass is 170 g/mol. The lowest BCUT2D eigenvalue weighted by Crippen LogP contribution is -1.98. The van der Waals surface area contributed by atoms with E-state index in [0.29, 0.717) is 0 Å². The smallest absolute Gasteiger partial charge is 0.211 e. The summed E-state index contributed by atoms with van der Waals surface area (Å²) in [5.41, 5.74) is 0. The molecule has 4 heteroatoms. The summed E-state index contributed by atoms with van der Waals surface area (Å²) in [4.78, 5) is 17.0. The molecule has 0 unspecified atom stereocenters. The molecule has 3 nitrogen and oxygen atoms in total. The highest BCUT2D eigenvalue weighted by Crippen LogP contribution is 2.04. The van der Waals surface area contributed by atoms with E-state index in [1.807, 2.05) is 0 Å². The van der Waals surface area contributed by atoms with E-state index >= 15 is 0 Å². The zero-order valence-corrected chi connectivity index (χ0v) is 7.23. The van der Waals surface area contributed by atoms with Crippen molar-refractivity contribution in [2.24, 2.45) is 9.98 Å². The average molecular weight is 170 g/mol. The van der Waals surface area contributed by atoms with E-state index in [1.165, 1.54) is 6.08 Å². The second-order valence-electron chi connectivity index (χ2n) is 2.06. The van der Waals surface area contributed by atoms with Crippen molar-refractivity contribution >= 4 is 23.5 Å². The van der Waals surface area contributed by atoms with Gasteiger partial charge in [0.05, 0.1) is 5.16 Å². The van der Waals surface area contributed by atoms with Crippen molar-refractivity contribution in [3.05, 3.63) is 0 Å². The molecular formula is C7H10N2OS. The Morgan fingerprint density at radius 2 is 2.27 bits per heavy atom. The molecule has 0 bridgehead atoms.